The number of H-pyrrole nitrogens is 1. The first-order chi connectivity index (χ1) is 13.8. The van der Waals surface area contributed by atoms with Crippen LogP contribution in [-0.4, -0.2) is 21.8 Å². The number of benzene rings is 2. The minimum Gasteiger partial charge on any atom is -0.345 e. The fraction of sp³-hybridized carbons (Fsp3) is 0.0500. The van der Waals surface area contributed by atoms with E-state index in [0.717, 1.165) is 12.1 Å². The van der Waals surface area contributed by atoms with Gasteiger partial charge in [-0.25, -0.2) is 4.98 Å². The largest absolute Gasteiger partial charge is 0.417 e. The van der Waals surface area contributed by atoms with Crippen LogP contribution in [0.3, 0.4) is 0 Å². The van der Waals surface area contributed by atoms with E-state index in [4.69, 9.17) is 0 Å². The molecule has 0 radical (unpaired) electrons. The van der Waals surface area contributed by atoms with Crippen molar-refractivity contribution in [2.75, 3.05) is 10.6 Å². The molecule has 2 heterocycles. The molecule has 9 heteroatoms. The molecule has 2 amide bonds. The first-order valence-electron chi connectivity index (χ1n) is 8.47. The monoisotopic (exact) mass is 398 g/mol. The van der Waals surface area contributed by atoms with Gasteiger partial charge in [-0.3, -0.25) is 9.59 Å². The Morgan fingerprint density at radius 1 is 1.14 bits per heavy atom. The van der Waals surface area contributed by atoms with E-state index in [9.17, 15) is 22.8 Å². The molecule has 3 aromatic rings. The number of alkyl halides is 3. The third kappa shape index (κ3) is 3.62. The summed E-state index contributed by atoms with van der Waals surface area (Å²) in [6.07, 6.45) is 0.0384. The topological polar surface area (TPSA) is 86.9 Å². The Balaban J connectivity index is 1.65. The van der Waals surface area contributed by atoms with Crippen molar-refractivity contribution >= 4 is 34.8 Å². The average Bonchev–Trinajstić information content (AvgIpc) is 3.30. The Bertz CT molecular complexity index is 1130. The number of hydrogen-bond acceptors (Lipinski definition) is 3. The van der Waals surface area contributed by atoms with Crippen LogP contribution in [0, 0.1) is 0 Å². The van der Waals surface area contributed by atoms with Crippen molar-refractivity contribution in [1.82, 2.24) is 9.97 Å². The Kier molecular flexibility index (Phi) is 4.42. The molecule has 0 aliphatic carbocycles. The number of aromatic nitrogens is 2. The molecule has 29 heavy (non-hydrogen) atoms. The van der Waals surface area contributed by atoms with Crippen LogP contribution in [-0.2, 0) is 11.0 Å². The van der Waals surface area contributed by atoms with Crippen LogP contribution in [0.2, 0.25) is 0 Å². The molecule has 1 aliphatic rings. The van der Waals surface area contributed by atoms with Crippen LogP contribution in [0.5, 0.6) is 0 Å². The predicted molar refractivity (Wildman–Crippen MR) is 101 cm³/mol. The zero-order chi connectivity index (χ0) is 20.6. The summed E-state index contributed by atoms with van der Waals surface area (Å²) < 4.78 is 39.5. The highest BCUT2D eigenvalue weighted by Gasteiger charge is 2.35. The summed E-state index contributed by atoms with van der Waals surface area (Å²) in [6.45, 7) is 0. The summed E-state index contributed by atoms with van der Waals surface area (Å²) in [5.74, 6) is -0.773. The summed E-state index contributed by atoms with van der Waals surface area (Å²) >= 11 is 0. The van der Waals surface area contributed by atoms with Crippen LogP contribution in [0.4, 0.5) is 24.5 Å². The van der Waals surface area contributed by atoms with Crippen molar-refractivity contribution in [3.05, 3.63) is 77.4 Å². The molecule has 0 saturated heterocycles. The summed E-state index contributed by atoms with van der Waals surface area (Å²) in [5, 5.41) is 5.16. The first kappa shape index (κ1) is 18.5. The molecule has 1 aliphatic heterocycles. The van der Waals surface area contributed by atoms with Crippen LogP contribution in [0.1, 0.15) is 27.3 Å². The van der Waals surface area contributed by atoms with Gasteiger partial charge in [-0.1, -0.05) is 12.1 Å². The molecular formula is C20H13F3N4O2. The van der Waals surface area contributed by atoms with Gasteiger partial charge in [-0.05, 0) is 36.4 Å². The lowest BCUT2D eigenvalue weighted by Gasteiger charge is -2.13. The van der Waals surface area contributed by atoms with E-state index in [-0.39, 0.29) is 11.6 Å². The number of fused-ring (bicyclic) bond motifs is 1. The SMILES string of the molecule is O=C1Nc2ccc(NC(=O)c3ccccc3C(F)(F)F)cc2C1=Cc1ncc[nH]1. The van der Waals surface area contributed by atoms with Gasteiger partial charge in [0.05, 0.1) is 16.7 Å². The smallest absolute Gasteiger partial charge is 0.345 e. The molecular weight excluding hydrogens is 385 g/mol. The lowest BCUT2D eigenvalue weighted by molar-refractivity contribution is -0.137. The fourth-order valence-electron chi connectivity index (χ4n) is 3.03. The summed E-state index contributed by atoms with van der Waals surface area (Å²) in [6, 6.07) is 9.14. The van der Waals surface area contributed by atoms with Gasteiger partial charge in [0.15, 0.2) is 0 Å². The number of carbonyl (C=O) groups excluding carboxylic acids is 2. The van der Waals surface area contributed by atoms with Crippen molar-refractivity contribution in [3.8, 4) is 0 Å². The highest BCUT2D eigenvalue weighted by atomic mass is 19.4. The van der Waals surface area contributed by atoms with Gasteiger partial charge in [0.1, 0.15) is 5.82 Å². The van der Waals surface area contributed by atoms with Gasteiger partial charge >= 0.3 is 6.18 Å². The number of aromatic amines is 1. The normalized spacial score (nSPS) is 14.6. The molecule has 0 fully saturated rings. The second-order valence-electron chi connectivity index (χ2n) is 6.24. The van der Waals surface area contributed by atoms with E-state index in [2.05, 4.69) is 20.6 Å². The highest BCUT2D eigenvalue weighted by Crippen LogP contribution is 2.35. The molecule has 3 N–H and O–H groups in total. The minimum absolute atomic E-state index is 0.257. The van der Waals surface area contributed by atoms with Gasteiger partial charge in [0, 0.05) is 29.3 Å². The van der Waals surface area contributed by atoms with Crippen molar-refractivity contribution in [3.63, 3.8) is 0 Å². The molecule has 4 rings (SSSR count). The van der Waals surface area contributed by atoms with E-state index in [0.29, 0.717) is 22.6 Å². The van der Waals surface area contributed by atoms with Crippen molar-refractivity contribution < 1.29 is 22.8 Å². The van der Waals surface area contributed by atoms with Crippen LogP contribution in [0.15, 0.2) is 54.9 Å². The third-order valence-corrected chi connectivity index (χ3v) is 4.34. The Morgan fingerprint density at radius 3 is 2.66 bits per heavy atom. The molecule has 2 aromatic carbocycles. The van der Waals surface area contributed by atoms with Crippen LogP contribution in [0.25, 0.3) is 11.6 Å². The van der Waals surface area contributed by atoms with Crippen molar-refractivity contribution in [1.29, 1.82) is 0 Å². The predicted octanol–water partition coefficient (Wildman–Crippen LogP) is 4.17. The van der Waals surface area contributed by atoms with Gasteiger partial charge in [-0.2, -0.15) is 13.2 Å². The summed E-state index contributed by atoms with van der Waals surface area (Å²) in [5.41, 5.74) is 0.110. The average molecular weight is 398 g/mol. The van der Waals surface area contributed by atoms with E-state index in [1.54, 1.807) is 18.3 Å². The zero-order valence-electron chi connectivity index (χ0n) is 14.7. The van der Waals surface area contributed by atoms with Crippen LogP contribution < -0.4 is 10.6 Å². The zero-order valence-corrected chi connectivity index (χ0v) is 14.7. The number of carbonyl (C=O) groups is 2. The molecule has 0 saturated carbocycles. The number of nitrogens with one attached hydrogen (secondary N) is 3. The fourth-order valence-corrected chi connectivity index (χ4v) is 3.03. The molecule has 146 valence electrons. The highest BCUT2D eigenvalue weighted by molar-refractivity contribution is 6.35. The number of halogens is 3. The maximum atomic E-state index is 13.2. The number of amides is 2. The second-order valence-corrected chi connectivity index (χ2v) is 6.24. The summed E-state index contributed by atoms with van der Waals surface area (Å²) in [7, 11) is 0. The van der Waals surface area contributed by atoms with Gasteiger partial charge in [-0.15, -0.1) is 0 Å². The third-order valence-electron chi connectivity index (χ3n) is 4.34. The second kappa shape index (κ2) is 6.93. The maximum absolute atomic E-state index is 13.2. The standard InChI is InChI=1S/C20H13F3N4O2/c21-20(22,23)15-4-2-1-3-12(15)18(28)26-11-5-6-16-13(9-11)14(19(29)27-16)10-17-24-7-8-25-17/h1-10H,(H,24,25)(H,26,28)(H,27,29). The first-order valence-corrected chi connectivity index (χ1v) is 8.47. The van der Waals surface area contributed by atoms with E-state index in [1.807, 2.05) is 0 Å². The molecule has 0 spiro atoms. The minimum atomic E-state index is -4.65. The van der Waals surface area contributed by atoms with E-state index < -0.39 is 23.2 Å². The molecule has 1 aromatic heterocycles. The van der Waals surface area contributed by atoms with E-state index >= 15 is 0 Å². The quantitative estimate of drug-likeness (QED) is 0.579. The molecule has 0 unspecified atom stereocenters. The van der Waals surface area contributed by atoms with Crippen molar-refractivity contribution in [2.24, 2.45) is 0 Å². The lowest BCUT2D eigenvalue weighted by Crippen LogP contribution is -2.18. The molecule has 0 bridgehead atoms. The van der Waals surface area contributed by atoms with Crippen molar-refractivity contribution in [2.45, 2.75) is 6.18 Å². The number of anilines is 2. The Morgan fingerprint density at radius 2 is 1.93 bits per heavy atom. The summed E-state index contributed by atoms with van der Waals surface area (Å²) in [4.78, 5) is 31.6. The maximum Gasteiger partial charge on any atom is 0.417 e. The number of rotatable bonds is 3. The van der Waals surface area contributed by atoms with E-state index in [1.165, 1.54) is 30.5 Å². The Hall–Kier alpha value is -3.88. The lowest BCUT2D eigenvalue weighted by atomic mass is 10.0. The van der Waals surface area contributed by atoms with Gasteiger partial charge < -0.3 is 15.6 Å². The number of imidazole rings is 1. The number of hydrogen-bond donors (Lipinski definition) is 3. The van der Waals surface area contributed by atoms with Crippen LogP contribution >= 0.6 is 0 Å². The van der Waals surface area contributed by atoms with Gasteiger partial charge in [0.2, 0.25) is 0 Å². The Labute approximate surface area is 162 Å². The molecule has 0 atom stereocenters. The van der Waals surface area contributed by atoms with Gasteiger partial charge in [0.25, 0.3) is 11.8 Å². The molecule has 6 nitrogen and oxygen atoms in total. The number of nitrogens with zero attached hydrogens (tertiary/aromatic N) is 1.